The van der Waals surface area contributed by atoms with E-state index < -0.39 is 17.9 Å². The lowest BCUT2D eigenvalue weighted by molar-refractivity contribution is 0.0925. The van der Waals surface area contributed by atoms with E-state index in [1.54, 1.807) is 17.2 Å². The number of halogens is 2. The Kier molecular flexibility index (Phi) is 8.26. The highest BCUT2D eigenvalue weighted by molar-refractivity contribution is 6.17. The highest BCUT2D eigenvalue weighted by Crippen LogP contribution is 2.29. The third-order valence-electron chi connectivity index (χ3n) is 6.94. The van der Waals surface area contributed by atoms with Gasteiger partial charge in [0.2, 0.25) is 0 Å². The van der Waals surface area contributed by atoms with Crippen molar-refractivity contribution in [2.75, 3.05) is 30.4 Å². The van der Waals surface area contributed by atoms with E-state index in [-0.39, 0.29) is 17.6 Å². The van der Waals surface area contributed by atoms with Gasteiger partial charge in [0.05, 0.1) is 11.3 Å². The number of anilines is 1. The number of nitrogens with one attached hydrogen (secondary N) is 5. The van der Waals surface area contributed by atoms with E-state index in [1.807, 2.05) is 30.3 Å². The number of rotatable bonds is 9. The minimum absolute atomic E-state index is 0.0275. The molecule has 1 fully saturated rings. The number of alkyl halides is 1. The van der Waals surface area contributed by atoms with Gasteiger partial charge >= 0.3 is 6.03 Å². The molecule has 38 heavy (non-hydrogen) atoms. The van der Waals surface area contributed by atoms with E-state index in [2.05, 4.69) is 26.6 Å². The number of fused-ring (bicyclic) bond motifs is 1. The number of carbonyl (C=O) groups excluding carboxylic acids is 2. The lowest BCUT2D eigenvalue weighted by atomic mass is 10.0. The lowest BCUT2D eigenvalue weighted by Crippen LogP contribution is -2.51. The van der Waals surface area contributed by atoms with Gasteiger partial charge in [-0.25, -0.2) is 9.18 Å². The van der Waals surface area contributed by atoms with Crippen LogP contribution in [0.15, 0.2) is 60.3 Å². The number of amides is 3. The predicted octanol–water partition coefficient (Wildman–Crippen LogP) is 3.41. The van der Waals surface area contributed by atoms with Gasteiger partial charge in [0.25, 0.3) is 5.91 Å². The van der Waals surface area contributed by atoms with Crippen LogP contribution < -0.4 is 31.5 Å². The summed E-state index contributed by atoms with van der Waals surface area (Å²) in [6, 6.07) is 12.2. The fourth-order valence-electron chi connectivity index (χ4n) is 4.82. The zero-order valence-corrected chi connectivity index (χ0v) is 21.8. The minimum atomic E-state index is -0.580. The Morgan fingerprint density at radius 2 is 1.89 bits per heavy atom. The average molecular weight is 539 g/mol. The van der Waals surface area contributed by atoms with Gasteiger partial charge in [0, 0.05) is 41.5 Å². The number of nitrogens with zero attached hydrogens (tertiary/aromatic N) is 1. The molecule has 0 radical (unpaired) electrons. The summed E-state index contributed by atoms with van der Waals surface area (Å²) < 4.78 is 14.9. The van der Waals surface area contributed by atoms with Crippen molar-refractivity contribution in [1.29, 1.82) is 0 Å². The van der Waals surface area contributed by atoms with Crippen LogP contribution in [0.1, 0.15) is 40.7 Å². The topological polar surface area (TPSA) is 97.5 Å². The van der Waals surface area contributed by atoms with Crippen LogP contribution in [-0.2, 0) is 6.54 Å². The highest BCUT2D eigenvalue weighted by atomic mass is 35.5. The normalized spacial score (nSPS) is 19.3. The molecular formula is C28H32ClFN6O2. The molecule has 10 heteroatoms. The van der Waals surface area contributed by atoms with Crippen LogP contribution in [0.5, 0.6) is 0 Å². The van der Waals surface area contributed by atoms with Gasteiger partial charge in [-0.1, -0.05) is 18.2 Å². The van der Waals surface area contributed by atoms with Gasteiger partial charge in [-0.3, -0.25) is 9.69 Å². The Hall–Kier alpha value is -3.40. The van der Waals surface area contributed by atoms with E-state index in [9.17, 15) is 14.0 Å². The third-order valence-corrected chi connectivity index (χ3v) is 7.21. The molecule has 2 aromatic rings. The number of piperidine rings is 1. The largest absolute Gasteiger partial charge is 0.361 e. The quantitative estimate of drug-likeness (QED) is 0.249. The van der Waals surface area contributed by atoms with Crippen molar-refractivity contribution in [2.24, 2.45) is 0 Å². The Balaban J connectivity index is 1.26. The maximum absolute atomic E-state index is 14.9. The van der Waals surface area contributed by atoms with Crippen LogP contribution in [0.4, 0.5) is 14.9 Å². The van der Waals surface area contributed by atoms with Crippen molar-refractivity contribution in [3.8, 4) is 0 Å². The zero-order valence-electron chi connectivity index (χ0n) is 21.0. The Morgan fingerprint density at radius 1 is 1.11 bits per heavy atom. The van der Waals surface area contributed by atoms with E-state index in [4.69, 9.17) is 11.6 Å². The van der Waals surface area contributed by atoms with Crippen LogP contribution in [-0.4, -0.2) is 49.7 Å². The van der Waals surface area contributed by atoms with Crippen LogP contribution >= 0.6 is 11.6 Å². The molecule has 0 saturated carbocycles. The Bertz CT molecular complexity index is 1240. The van der Waals surface area contributed by atoms with Gasteiger partial charge < -0.3 is 26.6 Å². The summed E-state index contributed by atoms with van der Waals surface area (Å²) in [5.74, 6) is -0.346. The third kappa shape index (κ3) is 6.01. The molecule has 1 unspecified atom stereocenters. The van der Waals surface area contributed by atoms with Crippen LogP contribution in [0.3, 0.4) is 0 Å². The van der Waals surface area contributed by atoms with Gasteiger partial charge in [-0.2, -0.15) is 0 Å². The maximum atomic E-state index is 14.9. The molecule has 3 amide bonds. The molecule has 3 aliphatic rings. The van der Waals surface area contributed by atoms with Crippen LogP contribution in [0.25, 0.3) is 5.70 Å². The average Bonchev–Trinajstić information content (AvgIpc) is 3.34. The van der Waals surface area contributed by atoms with Crippen molar-refractivity contribution in [3.63, 3.8) is 0 Å². The van der Waals surface area contributed by atoms with Crippen molar-refractivity contribution in [1.82, 2.24) is 26.6 Å². The Labute approximate surface area is 226 Å². The maximum Gasteiger partial charge on any atom is 0.327 e. The first kappa shape index (κ1) is 26.2. The first-order valence-corrected chi connectivity index (χ1v) is 13.5. The molecule has 1 atom stereocenters. The van der Waals surface area contributed by atoms with E-state index in [0.29, 0.717) is 17.1 Å². The van der Waals surface area contributed by atoms with Crippen LogP contribution in [0, 0.1) is 5.82 Å². The first-order chi connectivity index (χ1) is 18.5. The zero-order chi connectivity index (χ0) is 26.5. The molecule has 0 aromatic heterocycles. The van der Waals surface area contributed by atoms with Crippen LogP contribution in [0.2, 0.25) is 0 Å². The number of urea groups is 1. The van der Waals surface area contributed by atoms with Gasteiger partial charge in [-0.05, 0) is 74.8 Å². The second kappa shape index (κ2) is 12.0. The molecule has 0 bridgehead atoms. The molecule has 2 aromatic carbocycles. The summed E-state index contributed by atoms with van der Waals surface area (Å²) in [6.07, 6.45) is 5.83. The standard InChI is InChI=1S/C28H32ClFN6O2/c29-10-1-11-32-16-18-2-5-22(6-3-18)36-17-20-15-25(34-26(20)35-28(36)38)19-4-7-23(24(30)14-19)27(37)33-21-8-12-31-13-9-21/h2-7,14-15,17,21,26,31-32,34H,1,8-13,16H2,(H,33,37)(H,35,38). The number of hydrogen-bond acceptors (Lipinski definition) is 5. The lowest BCUT2D eigenvalue weighted by Gasteiger charge is -2.29. The smallest absolute Gasteiger partial charge is 0.327 e. The second-order valence-corrected chi connectivity index (χ2v) is 10.0. The fourth-order valence-corrected chi connectivity index (χ4v) is 4.95. The molecule has 3 aliphatic heterocycles. The molecule has 0 aliphatic carbocycles. The molecule has 5 N–H and O–H groups in total. The summed E-state index contributed by atoms with van der Waals surface area (Å²) >= 11 is 5.71. The summed E-state index contributed by atoms with van der Waals surface area (Å²) in [4.78, 5) is 27.0. The molecule has 8 nitrogen and oxygen atoms in total. The minimum Gasteiger partial charge on any atom is -0.361 e. The SMILES string of the molecule is O=C(NC1CCNCC1)c1ccc(C2=CC3=CN(c4ccc(CNCCCCl)cc4)C(=O)NC3N2)cc1F. The molecule has 0 spiro atoms. The Morgan fingerprint density at radius 3 is 2.63 bits per heavy atom. The van der Waals surface area contributed by atoms with Crippen molar-refractivity contribution < 1.29 is 14.0 Å². The number of hydrogen-bond donors (Lipinski definition) is 5. The molecule has 1 saturated heterocycles. The van der Waals surface area contributed by atoms with Gasteiger partial charge in [0.15, 0.2) is 0 Å². The second-order valence-electron chi connectivity index (χ2n) is 9.66. The molecule has 3 heterocycles. The summed E-state index contributed by atoms with van der Waals surface area (Å²) in [5.41, 5.74) is 4.01. The summed E-state index contributed by atoms with van der Waals surface area (Å²) in [6.45, 7) is 3.27. The van der Waals surface area contributed by atoms with Crippen molar-refractivity contribution >= 4 is 34.9 Å². The molecule has 5 rings (SSSR count). The van der Waals surface area contributed by atoms with Gasteiger partial charge in [0.1, 0.15) is 12.0 Å². The number of carbonyl (C=O) groups is 2. The molecule has 200 valence electrons. The predicted molar refractivity (Wildman–Crippen MR) is 147 cm³/mol. The monoisotopic (exact) mass is 538 g/mol. The van der Waals surface area contributed by atoms with E-state index in [0.717, 1.165) is 62.3 Å². The van der Waals surface area contributed by atoms with Crippen molar-refractivity contribution in [2.45, 2.75) is 38.0 Å². The highest BCUT2D eigenvalue weighted by Gasteiger charge is 2.31. The molecular weight excluding hydrogens is 507 g/mol. The van der Waals surface area contributed by atoms with E-state index >= 15 is 0 Å². The summed E-state index contributed by atoms with van der Waals surface area (Å²) in [5, 5.41) is 15.7. The van der Waals surface area contributed by atoms with Gasteiger partial charge in [-0.15, -0.1) is 11.6 Å². The van der Waals surface area contributed by atoms with Crippen molar-refractivity contribution in [3.05, 3.63) is 82.8 Å². The first-order valence-electron chi connectivity index (χ1n) is 13.0. The fraction of sp³-hybridized carbons (Fsp3) is 0.357. The van der Waals surface area contributed by atoms with E-state index in [1.165, 1.54) is 12.1 Å². The summed E-state index contributed by atoms with van der Waals surface area (Å²) in [7, 11) is 0. The number of benzene rings is 2.